The zero-order chi connectivity index (χ0) is 15.3. The summed E-state index contributed by atoms with van der Waals surface area (Å²) in [6.45, 7) is 11.0. The standard InChI is InChI=1S/C14H24N6/c1-10(2)20(8-6-7-15)12-9-11(19-16)17-13(18-12)14(3,4)5/h9-10H,6,8,16H2,1-5H3,(H,17,18,19). The molecule has 0 aliphatic rings. The summed E-state index contributed by atoms with van der Waals surface area (Å²) in [5, 5.41) is 8.79. The van der Waals surface area contributed by atoms with E-state index in [0.29, 0.717) is 18.8 Å². The van der Waals surface area contributed by atoms with Crippen LogP contribution in [-0.2, 0) is 5.41 Å². The molecule has 1 aromatic rings. The Labute approximate surface area is 121 Å². The van der Waals surface area contributed by atoms with Gasteiger partial charge in [-0.2, -0.15) is 5.26 Å². The van der Waals surface area contributed by atoms with Crippen LogP contribution in [0, 0.1) is 11.3 Å². The molecule has 0 radical (unpaired) electrons. The lowest BCUT2D eigenvalue weighted by atomic mass is 9.96. The van der Waals surface area contributed by atoms with Crippen LogP contribution in [0.2, 0.25) is 0 Å². The third-order valence-corrected chi connectivity index (χ3v) is 2.91. The molecule has 3 N–H and O–H groups in total. The van der Waals surface area contributed by atoms with E-state index in [4.69, 9.17) is 11.1 Å². The van der Waals surface area contributed by atoms with E-state index >= 15 is 0 Å². The van der Waals surface area contributed by atoms with Gasteiger partial charge in [0.1, 0.15) is 17.5 Å². The number of anilines is 2. The van der Waals surface area contributed by atoms with E-state index in [1.54, 1.807) is 0 Å². The summed E-state index contributed by atoms with van der Waals surface area (Å²) in [6.07, 6.45) is 0.457. The number of nitrogens with two attached hydrogens (primary N) is 1. The molecule has 1 rings (SSSR count). The zero-order valence-electron chi connectivity index (χ0n) is 12.9. The molecule has 0 saturated heterocycles. The fraction of sp³-hybridized carbons (Fsp3) is 0.643. The molecule has 20 heavy (non-hydrogen) atoms. The molecule has 0 unspecified atom stereocenters. The molecule has 1 heterocycles. The summed E-state index contributed by atoms with van der Waals surface area (Å²) in [6, 6.07) is 4.23. The Hall–Kier alpha value is -1.87. The first-order chi connectivity index (χ1) is 9.29. The number of hydrazine groups is 1. The second kappa shape index (κ2) is 6.53. The number of aromatic nitrogens is 2. The van der Waals surface area contributed by atoms with Crippen LogP contribution in [0.4, 0.5) is 11.6 Å². The van der Waals surface area contributed by atoms with Crippen LogP contribution in [0.3, 0.4) is 0 Å². The molecule has 0 atom stereocenters. The number of nitriles is 1. The normalized spacial score (nSPS) is 11.3. The highest BCUT2D eigenvalue weighted by Crippen LogP contribution is 2.24. The first kappa shape index (κ1) is 16.2. The molecule has 0 saturated carbocycles. The van der Waals surface area contributed by atoms with Crippen LogP contribution in [0.25, 0.3) is 0 Å². The van der Waals surface area contributed by atoms with Crippen LogP contribution in [0.5, 0.6) is 0 Å². The van der Waals surface area contributed by atoms with Crippen LogP contribution in [0.15, 0.2) is 6.07 Å². The quantitative estimate of drug-likeness (QED) is 0.633. The summed E-state index contributed by atoms with van der Waals surface area (Å²) in [4.78, 5) is 11.1. The first-order valence-electron chi connectivity index (χ1n) is 6.79. The van der Waals surface area contributed by atoms with Crippen molar-refractivity contribution >= 4 is 11.6 Å². The lowest BCUT2D eigenvalue weighted by molar-refractivity contribution is 0.542. The van der Waals surface area contributed by atoms with E-state index in [0.717, 1.165) is 11.6 Å². The maximum Gasteiger partial charge on any atom is 0.145 e. The Morgan fingerprint density at radius 3 is 2.50 bits per heavy atom. The van der Waals surface area contributed by atoms with Crippen LogP contribution >= 0.6 is 0 Å². The van der Waals surface area contributed by atoms with Crippen molar-refractivity contribution in [3.63, 3.8) is 0 Å². The van der Waals surface area contributed by atoms with E-state index < -0.39 is 0 Å². The number of nitrogen functional groups attached to an aromatic ring is 1. The third-order valence-electron chi connectivity index (χ3n) is 2.91. The fourth-order valence-corrected chi connectivity index (χ4v) is 1.80. The van der Waals surface area contributed by atoms with Gasteiger partial charge in [-0.25, -0.2) is 15.8 Å². The van der Waals surface area contributed by atoms with Crippen molar-refractivity contribution in [3.8, 4) is 6.07 Å². The molecular formula is C14H24N6. The second-order valence-electron chi connectivity index (χ2n) is 6.02. The average molecular weight is 276 g/mol. The molecule has 0 fully saturated rings. The highest BCUT2D eigenvalue weighted by atomic mass is 15.3. The van der Waals surface area contributed by atoms with Gasteiger partial charge < -0.3 is 10.3 Å². The summed E-state index contributed by atoms with van der Waals surface area (Å²) >= 11 is 0. The topological polar surface area (TPSA) is 90.9 Å². The van der Waals surface area contributed by atoms with Gasteiger partial charge in [-0.15, -0.1) is 0 Å². The molecule has 0 aromatic carbocycles. The summed E-state index contributed by atoms with van der Waals surface area (Å²) in [7, 11) is 0. The van der Waals surface area contributed by atoms with E-state index in [1.165, 1.54) is 0 Å². The molecule has 6 nitrogen and oxygen atoms in total. The largest absolute Gasteiger partial charge is 0.353 e. The maximum atomic E-state index is 8.79. The van der Waals surface area contributed by atoms with Gasteiger partial charge >= 0.3 is 0 Å². The average Bonchev–Trinajstić information content (AvgIpc) is 2.37. The Balaban J connectivity index is 3.24. The van der Waals surface area contributed by atoms with Gasteiger partial charge in [-0.05, 0) is 13.8 Å². The van der Waals surface area contributed by atoms with Gasteiger partial charge in [-0.1, -0.05) is 20.8 Å². The minimum absolute atomic E-state index is 0.167. The maximum absolute atomic E-state index is 8.79. The van der Waals surface area contributed by atoms with Gasteiger partial charge in [0.2, 0.25) is 0 Å². The molecular weight excluding hydrogens is 252 g/mol. The van der Waals surface area contributed by atoms with Crippen molar-refractivity contribution in [3.05, 3.63) is 11.9 Å². The molecule has 6 heteroatoms. The van der Waals surface area contributed by atoms with E-state index in [1.807, 2.05) is 6.07 Å². The van der Waals surface area contributed by atoms with Crippen molar-refractivity contribution in [1.29, 1.82) is 5.26 Å². The lowest BCUT2D eigenvalue weighted by Crippen LogP contribution is -2.33. The highest BCUT2D eigenvalue weighted by molar-refractivity contribution is 5.50. The fourth-order valence-electron chi connectivity index (χ4n) is 1.80. The van der Waals surface area contributed by atoms with Crippen LogP contribution in [-0.4, -0.2) is 22.6 Å². The number of nitrogens with one attached hydrogen (secondary N) is 1. The second-order valence-corrected chi connectivity index (χ2v) is 6.02. The Bertz CT molecular complexity index is 483. The molecule has 0 spiro atoms. The number of hydrogen-bond donors (Lipinski definition) is 2. The Morgan fingerprint density at radius 2 is 2.05 bits per heavy atom. The van der Waals surface area contributed by atoms with Crippen molar-refractivity contribution in [2.45, 2.75) is 52.5 Å². The van der Waals surface area contributed by atoms with Gasteiger partial charge in [0.05, 0.1) is 12.5 Å². The number of hydrogen-bond acceptors (Lipinski definition) is 6. The highest BCUT2D eigenvalue weighted by Gasteiger charge is 2.21. The summed E-state index contributed by atoms with van der Waals surface area (Å²) in [5.41, 5.74) is 2.42. The summed E-state index contributed by atoms with van der Waals surface area (Å²) in [5.74, 6) is 7.60. The predicted octanol–water partition coefficient (Wildman–Crippen LogP) is 2.19. The van der Waals surface area contributed by atoms with Crippen LogP contribution in [0.1, 0.15) is 46.9 Å². The van der Waals surface area contributed by atoms with Crippen molar-refractivity contribution < 1.29 is 0 Å². The van der Waals surface area contributed by atoms with E-state index in [9.17, 15) is 0 Å². The Kier molecular flexibility index (Phi) is 5.28. The Morgan fingerprint density at radius 1 is 1.40 bits per heavy atom. The van der Waals surface area contributed by atoms with E-state index in [-0.39, 0.29) is 11.5 Å². The smallest absolute Gasteiger partial charge is 0.145 e. The first-order valence-corrected chi connectivity index (χ1v) is 6.79. The molecule has 110 valence electrons. The van der Waals surface area contributed by atoms with Crippen LogP contribution < -0.4 is 16.2 Å². The molecule has 0 bridgehead atoms. The van der Waals surface area contributed by atoms with Gasteiger partial charge in [0.15, 0.2) is 0 Å². The monoisotopic (exact) mass is 276 g/mol. The predicted molar refractivity (Wildman–Crippen MR) is 81.3 cm³/mol. The number of rotatable bonds is 5. The van der Waals surface area contributed by atoms with E-state index in [2.05, 4.69) is 61.0 Å². The zero-order valence-corrected chi connectivity index (χ0v) is 12.9. The lowest BCUT2D eigenvalue weighted by Gasteiger charge is -2.29. The molecule has 0 amide bonds. The minimum atomic E-state index is -0.167. The SMILES string of the molecule is CC(C)N(CCC#N)c1cc(NN)nc(C(C)(C)C)n1. The number of nitrogens with zero attached hydrogens (tertiary/aromatic N) is 4. The van der Waals surface area contributed by atoms with Gasteiger partial charge in [-0.3, -0.25) is 0 Å². The van der Waals surface area contributed by atoms with Gasteiger partial charge in [0, 0.05) is 24.1 Å². The minimum Gasteiger partial charge on any atom is -0.353 e. The van der Waals surface area contributed by atoms with Gasteiger partial charge in [0.25, 0.3) is 0 Å². The molecule has 0 aliphatic heterocycles. The third kappa shape index (κ3) is 4.07. The van der Waals surface area contributed by atoms with Crippen molar-refractivity contribution in [2.24, 2.45) is 5.84 Å². The van der Waals surface area contributed by atoms with Crippen molar-refractivity contribution in [1.82, 2.24) is 9.97 Å². The molecule has 1 aromatic heterocycles. The summed E-state index contributed by atoms with van der Waals surface area (Å²) < 4.78 is 0. The molecule has 0 aliphatic carbocycles. The van der Waals surface area contributed by atoms with Crippen molar-refractivity contribution in [2.75, 3.05) is 16.9 Å².